The van der Waals surface area contributed by atoms with Crippen LogP contribution in [0.4, 0.5) is 5.69 Å². The number of nitrogens with one attached hydrogen (secondary N) is 1. The summed E-state index contributed by atoms with van der Waals surface area (Å²) in [5.74, 6) is 1.89. The van der Waals surface area contributed by atoms with Crippen molar-refractivity contribution in [2.75, 3.05) is 13.7 Å². The molecule has 1 fully saturated rings. The Labute approximate surface area is 119 Å². The van der Waals surface area contributed by atoms with Crippen molar-refractivity contribution < 1.29 is 9.66 Å². The van der Waals surface area contributed by atoms with Gasteiger partial charge in [0.25, 0.3) is 0 Å². The first-order chi connectivity index (χ1) is 9.60. The Kier molecular flexibility index (Phi) is 4.95. The summed E-state index contributed by atoms with van der Waals surface area (Å²) in [5.41, 5.74) is 0.949. The molecule has 1 aromatic rings. The van der Waals surface area contributed by atoms with Crippen molar-refractivity contribution in [1.29, 1.82) is 0 Å². The standard InChI is InChI=1S/C15H22N2O3/c1-11-3-4-12(7-11)9-16-10-13-5-6-15(20-2)14(8-13)17(18)19/h5-6,8,11-12,16H,3-4,7,9-10H2,1-2H3. The fourth-order valence-corrected chi connectivity index (χ4v) is 2.92. The highest BCUT2D eigenvalue weighted by Gasteiger charge is 2.21. The van der Waals surface area contributed by atoms with Gasteiger partial charge >= 0.3 is 5.69 Å². The topological polar surface area (TPSA) is 64.4 Å². The highest BCUT2D eigenvalue weighted by atomic mass is 16.6. The summed E-state index contributed by atoms with van der Waals surface area (Å²) in [4.78, 5) is 10.6. The lowest BCUT2D eigenvalue weighted by atomic mass is 10.1. The summed E-state index contributed by atoms with van der Waals surface area (Å²) in [6, 6.07) is 5.12. The Morgan fingerprint density at radius 3 is 2.85 bits per heavy atom. The van der Waals surface area contributed by atoms with Gasteiger partial charge in [-0.05, 0) is 42.9 Å². The molecule has 1 aromatic carbocycles. The average molecular weight is 278 g/mol. The normalized spacial score (nSPS) is 21.9. The molecule has 1 aliphatic rings. The molecule has 110 valence electrons. The predicted molar refractivity (Wildman–Crippen MR) is 77.9 cm³/mol. The minimum Gasteiger partial charge on any atom is -0.490 e. The van der Waals surface area contributed by atoms with Gasteiger partial charge < -0.3 is 10.1 Å². The molecular weight excluding hydrogens is 256 g/mol. The molecule has 0 saturated heterocycles. The molecule has 1 N–H and O–H groups in total. The lowest BCUT2D eigenvalue weighted by Crippen LogP contribution is -2.21. The van der Waals surface area contributed by atoms with Gasteiger partial charge in [-0.1, -0.05) is 19.4 Å². The van der Waals surface area contributed by atoms with E-state index in [1.807, 2.05) is 6.07 Å². The molecule has 0 aliphatic heterocycles. The molecule has 5 nitrogen and oxygen atoms in total. The number of nitro groups is 1. The van der Waals surface area contributed by atoms with Crippen LogP contribution in [0.15, 0.2) is 18.2 Å². The first-order valence-corrected chi connectivity index (χ1v) is 7.12. The number of methoxy groups -OCH3 is 1. The molecular formula is C15H22N2O3. The maximum Gasteiger partial charge on any atom is 0.311 e. The molecule has 2 rings (SSSR count). The molecule has 0 amide bonds. The van der Waals surface area contributed by atoms with E-state index in [9.17, 15) is 10.1 Å². The van der Waals surface area contributed by atoms with Crippen LogP contribution in [0.25, 0.3) is 0 Å². The number of hydrogen-bond donors (Lipinski definition) is 1. The Morgan fingerprint density at radius 1 is 1.45 bits per heavy atom. The van der Waals surface area contributed by atoms with Crippen molar-refractivity contribution in [3.05, 3.63) is 33.9 Å². The molecule has 2 unspecified atom stereocenters. The van der Waals surface area contributed by atoms with E-state index in [0.29, 0.717) is 12.3 Å². The van der Waals surface area contributed by atoms with Crippen LogP contribution in [0.1, 0.15) is 31.7 Å². The van der Waals surface area contributed by atoms with Gasteiger partial charge in [-0.2, -0.15) is 0 Å². The van der Waals surface area contributed by atoms with Gasteiger partial charge in [-0.15, -0.1) is 0 Å². The molecule has 1 saturated carbocycles. The van der Waals surface area contributed by atoms with Crippen LogP contribution in [0, 0.1) is 22.0 Å². The van der Waals surface area contributed by atoms with Crippen molar-refractivity contribution in [3.63, 3.8) is 0 Å². The zero-order valence-electron chi connectivity index (χ0n) is 12.1. The van der Waals surface area contributed by atoms with Crippen LogP contribution in [0.3, 0.4) is 0 Å². The van der Waals surface area contributed by atoms with Crippen LogP contribution < -0.4 is 10.1 Å². The van der Waals surface area contributed by atoms with Gasteiger partial charge in [0.1, 0.15) is 0 Å². The Bertz CT molecular complexity index is 476. The van der Waals surface area contributed by atoms with Crippen LogP contribution >= 0.6 is 0 Å². The first-order valence-electron chi connectivity index (χ1n) is 7.12. The Balaban J connectivity index is 1.89. The van der Waals surface area contributed by atoms with E-state index < -0.39 is 4.92 Å². The first kappa shape index (κ1) is 14.8. The summed E-state index contributed by atoms with van der Waals surface area (Å²) < 4.78 is 5.00. The average Bonchev–Trinajstić information content (AvgIpc) is 2.84. The van der Waals surface area contributed by atoms with Gasteiger partial charge in [0.2, 0.25) is 0 Å². The number of nitrogens with zero attached hydrogens (tertiary/aromatic N) is 1. The maximum absolute atomic E-state index is 11.0. The van der Waals surface area contributed by atoms with E-state index in [4.69, 9.17) is 4.74 Å². The van der Waals surface area contributed by atoms with Crippen molar-refractivity contribution in [3.8, 4) is 5.75 Å². The summed E-state index contributed by atoms with van der Waals surface area (Å²) in [5, 5.41) is 14.4. The predicted octanol–water partition coefficient (Wildman–Crippen LogP) is 3.13. The summed E-state index contributed by atoms with van der Waals surface area (Å²) in [6.07, 6.45) is 3.90. The number of rotatable bonds is 6. The van der Waals surface area contributed by atoms with Gasteiger partial charge in [0.05, 0.1) is 12.0 Å². The van der Waals surface area contributed by atoms with Crippen molar-refractivity contribution in [2.45, 2.75) is 32.7 Å². The molecule has 2 atom stereocenters. The lowest BCUT2D eigenvalue weighted by Gasteiger charge is -2.11. The third kappa shape index (κ3) is 3.70. The maximum atomic E-state index is 11.0. The number of benzene rings is 1. The minimum absolute atomic E-state index is 0.0290. The minimum atomic E-state index is -0.402. The highest BCUT2D eigenvalue weighted by molar-refractivity contribution is 5.48. The summed E-state index contributed by atoms with van der Waals surface area (Å²) >= 11 is 0. The largest absolute Gasteiger partial charge is 0.490 e. The third-order valence-electron chi connectivity index (χ3n) is 4.01. The van der Waals surface area contributed by atoms with E-state index in [1.165, 1.54) is 26.4 Å². The number of nitro benzene ring substituents is 1. The molecule has 0 radical (unpaired) electrons. The molecule has 0 aromatic heterocycles. The molecule has 20 heavy (non-hydrogen) atoms. The van der Waals surface area contributed by atoms with Gasteiger partial charge in [-0.25, -0.2) is 0 Å². The van der Waals surface area contributed by atoms with E-state index in [-0.39, 0.29) is 5.69 Å². The zero-order valence-corrected chi connectivity index (χ0v) is 12.1. The molecule has 0 spiro atoms. The van der Waals surface area contributed by atoms with Crippen LogP contribution in [0.2, 0.25) is 0 Å². The van der Waals surface area contributed by atoms with E-state index >= 15 is 0 Å². The Morgan fingerprint density at radius 2 is 2.25 bits per heavy atom. The van der Waals surface area contributed by atoms with E-state index in [0.717, 1.165) is 23.9 Å². The molecule has 1 aliphatic carbocycles. The second-order valence-electron chi connectivity index (χ2n) is 5.68. The van der Waals surface area contributed by atoms with Gasteiger partial charge in [0.15, 0.2) is 5.75 Å². The summed E-state index contributed by atoms with van der Waals surface area (Å²) in [7, 11) is 1.45. The molecule has 5 heteroatoms. The van der Waals surface area contributed by atoms with Gasteiger partial charge in [-0.3, -0.25) is 10.1 Å². The molecule has 0 bridgehead atoms. The van der Waals surface area contributed by atoms with Crippen LogP contribution in [-0.4, -0.2) is 18.6 Å². The van der Waals surface area contributed by atoms with E-state index in [2.05, 4.69) is 12.2 Å². The zero-order chi connectivity index (χ0) is 14.5. The van der Waals surface area contributed by atoms with Crippen molar-refractivity contribution in [2.24, 2.45) is 11.8 Å². The number of ether oxygens (including phenoxy) is 1. The smallest absolute Gasteiger partial charge is 0.311 e. The van der Waals surface area contributed by atoms with Gasteiger partial charge in [0, 0.05) is 12.6 Å². The van der Waals surface area contributed by atoms with E-state index in [1.54, 1.807) is 12.1 Å². The Hall–Kier alpha value is -1.62. The fourth-order valence-electron chi connectivity index (χ4n) is 2.92. The quantitative estimate of drug-likeness (QED) is 0.641. The van der Waals surface area contributed by atoms with Crippen LogP contribution in [0.5, 0.6) is 5.75 Å². The number of hydrogen-bond acceptors (Lipinski definition) is 4. The lowest BCUT2D eigenvalue weighted by molar-refractivity contribution is -0.385. The molecule has 0 heterocycles. The van der Waals surface area contributed by atoms with Crippen molar-refractivity contribution >= 4 is 5.69 Å². The third-order valence-corrected chi connectivity index (χ3v) is 4.01. The monoisotopic (exact) mass is 278 g/mol. The second kappa shape index (κ2) is 6.70. The SMILES string of the molecule is COc1ccc(CNCC2CCC(C)C2)cc1[N+](=O)[O-]. The summed E-state index contributed by atoms with van der Waals surface area (Å²) in [6.45, 7) is 3.95. The fraction of sp³-hybridized carbons (Fsp3) is 0.600. The second-order valence-corrected chi connectivity index (χ2v) is 5.68. The van der Waals surface area contributed by atoms with Crippen LogP contribution in [-0.2, 0) is 6.54 Å². The van der Waals surface area contributed by atoms with Crippen molar-refractivity contribution in [1.82, 2.24) is 5.32 Å². The highest BCUT2D eigenvalue weighted by Crippen LogP contribution is 2.30.